The second kappa shape index (κ2) is 7.21. The van der Waals surface area contributed by atoms with E-state index in [1.54, 1.807) is 17.8 Å². The summed E-state index contributed by atoms with van der Waals surface area (Å²) in [5, 5.41) is 9.32. The molecule has 1 aliphatic rings. The third kappa shape index (κ3) is 3.10. The van der Waals surface area contributed by atoms with Crippen LogP contribution in [-0.2, 0) is 11.8 Å². The monoisotopic (exact) mass is 384 g/mol. The molecule has 0 aromatic carbocycles. The highest BCUT2D eigenvalue weighted by Gasteiger charge is 2.31. The summed E-state index contributed by atoms with van der Waals surface area (Å²) in [5.74, 6) is 1.03. The van der Waals surface area contributed by atoms with Crippen molar-refractivity contribution in [1.29, 1.82) is 0 Å². The first-order chi connectivity index (χ1) is 13.5. The molecule has 3 aromatic heterocycles. The molecule has 1 saturated heterocycles. The summed E-state index contributed by atoms with van der Waals surface area (Å²) < 4.78 is 12.4. The fraction of sp³-hybridized carbons (Fsp3) is 0.526. The average Bonchev–Trinajstić information content (AvgIpc) is 3.25. The van der Waals surface area contributed by atoms with Gasteiger partial charge in [-0.2, -0.15) is 10.1 Å². The molecule has 0 aliphatic carbocycles. The van der Waals surface area contributed by atoms with Crippen molar-refractivity contribution in [2.24, 2.45) is 7.05 Å². The predicted molar refractivity (Wildman–Crippen MR) is 102 cm³/mol. The van der Waals surface area contributed by atoms with Crippen LogP contribution in [0.5, 0.6) is 0 Å². The molecule has 1 unspecified atom stereocenters. The average molecular weight is 384 g/mol. The van der Waals surface area contributed by atoms with Gasteiger partial charge in [-0.05, 0) is 33.6 Å². The second-order valence-corrected chi connectivity index (χ2v) is 7.11. The molecule has 1 aliphatic heterocycles. The van der Waals surface area contributed by atoms with Crippen LogP contribution >= 0.6 is 0 Å². The second-order valence-electron chi connectivity index (χ2n) is 7.11. The third-order valence-corrected chi connectivity index (χ3v) is 5.13. The number of nitrogens with zero attached hydrogens (tertiary/aromatic N) is 6. The minimum absolute atomic E-state index is 0.116. The summed E-state index contributed by atoms with van der Waals surface area (Å²) in [6.07, 6.45) is 3.52. The molecule has 0 amide bonds. The van der Waals surface area contributed by atoms with Crippen LogP contribution in [0.15, 0.2) is 10.7 Å². The molecule has 0 bridgehead atoms. The molecule has 0 N–H and O–H groups in total. The number of carbonyl (C=O) groups excluding carboxylic acids is 1. The van der Waals surface area contributed by atoms with Crippen molar-refractivity contribution in [3.63, 3.8) is 0 Å². The molecular formula is C19H24N6O3. The number of rotatable bonds is 4. The van der Waals surface area contributed by atoms with E-state index in [2.05, 4.69) is 25.1 Å². The van der Waals surface area contributed by atoms with E-state index in [9.17, 15) is 4.79 Å². The molecule has 28 heavy (non-hydrogen) atoms. The molecule has 148 valence electrons. The molecule has 0 saturated carbocycles. The van der Waals surface area contributed by atoms with Gasteiger partial charge >= 0.3 is 5.97 Å². The fourth-order valence-corrected chi connectivity index (χ4v) is 3.94. The largest absolute Gasteiger partial charge is 0.462 e. The van der Waals surface area contributed by atoms with Crippen LogP contribution in [0.3, 0.4) is 0 Å². The van der Waals surface area contributed by atoms with Crippen molar-refractivity contribution < 1.29 is 14.1 Å². The first-order valence-corrected chi connectivity index (χ1v) is 9.54. The number of carbonyl (C=O) groups is 1. The van der Waals surface area contributed by atoms with Crippen molar-refractivity contribution in [1.82, 2.24) is 24.9 Å². The van der Waals surface area contributed by atoms with Crippen molar-refractivity contribution in [2.45, 2.75) is 39.5 Å². The Balaban J connectivity index is 1.81. The molecule has 9 nitrogen and oxygen atoms in total. The number of esters is 1. The molecule has 4 heterocycles. The maximum Gasteiger partial charge on any atom is 0.341 e. The Labute approximate surface area is 162 Å². The van der Waals surface area contributed by atoms with Crippen LogP contribution in [0, 0.1) is 13.8 Å². The normalized spacial score (nSPS) is 17.3. The number of ether oxygens (including phenoxy) is 1. The maximum absolute atomic E-state index is 12.7. The van der Waals surface area contributed by atoms with E-state index in [0.717, 1.165) is 41.8 Å². The number of fused-ring (bicyclic) bond motifs is 1. The van der Waals surface area contributed by atoms with Gasteiger partial charge in [-0.3, -0.25) is 4.68 Å². The number of anilines is 1. The summed E-state index contributed by atoms with van der Waals surface area (Å²) in [6.45, 7) is 7.37. The summed E-state index contributed by atoms with van der Waals surface area (Å²) >= 11 is 0. The highest BCUT2D eigenvalue weighted by molar-refractivity contribution is 6.05. The molecule has 1 fully saturated rings. The van der Waals surface area contributed by atoms with Crippen LogP contribution in [0.4, 0.5) is 5.69 Å². The third-order valence-electron chi connectivity index (χ3n) is 5.13. The minimum Gasteiger partial charge on any atom is -0.462 e. The van der Waals surface area contributed by atoms with Gasteiger partial charge in [-0.15, -0.1) is 0 Å². The lowest BCUT2D eigenvalue weighted by Crippen LogP contribution is -2.36. The van der Waals surface area contributed by atoms with Gasteiger partial charge in [0.15, 0.2) is 11.5 Å². The molecule has 3 aromatic rings. The van der Waals surface area contributed by atoms with E-state index < -0.39 is 0 Å². The lowest BCUT2D eigenvalue weighted by molar-refractivity contribution is 0.0526. The molecule has 9 heteroatoms. The highest BCUT2D eigenvalue weighted by atomic mass is 16.5. The van der Waals surface area contributed by atoms with Crippen molar-refractivity contribution in [3.8, 4) is 0 Å². The van der Waals surface area contributed by atoms with E-state index in [1.165, 1.54) is 0 Å². The fourth-order valence-electron chi connectivity index (χ4n) is 3.94. The molecule has 0 spiro atoms. The summed E-state index contributed by atoms with van der Waals surface area (Å²) in [6, 6.07) is 0. The first kappa shape index (κ1) is 18.4. The van der Waals surface area contributed by atoms with Gasteiger partial charge in [0.25, 0.3) is 0 Å². The van der Waals surface area contributed by atoms with Gasteiger partial charge in [-0.25, -0.2) is 9.78 Å². The Morgan fingerprint density at radius 1 is 1.39 bits per heavy atom. The van der Waals surface area contributed by atoms with E-state index in [0.29, 0.717) is 30.4 Å². The summed E-state index contributed by atoms with van der Waals surface area (Å²) in [5.41, 5.74) is 2.88. The number of piperidine rings is 1. The first-order valence-electron chi connectivity index (χ1n) is 9.54. The highest BCUT2D eigenvalue weighted by Crippen LogP contribution is 2.36. The van der Waals surface area contributed by atoms with Crippen LogP contribution in [0.2, 0.25) is 0 Å². The summed E-state index contributed by atoms with van der Waals surface area (Å²) in [4.78, 5) is 23.8. The van der Waals surface area contributed by atoms with Gasteiger partial charge in [-0.1, -0.05) is 5.16 Å². The van der Waals surface area contributed by atoms with Gasteiger partial charge in [0.1, 0.15) is 5.56 Å². The standard InChI is InChI=1S/C19H24N6O3/c1-5-27-19(26)14-9-20-17-15(11(2)22-24(17)4)16(14)25-8-6-7-13(10-25)18-21-12(3)23-28-18/h9,13H,5-8,10H2,1-4H3. The zero-order chi connectivity index (χ0) is 19.8. The Morgan fingerprint density at radius 3 is 2.93 bits per heavy atom. The number of hydrogen-bond donors (Lipinski definition) is 0. The van der Waals surface area contributed by atoms with Crippen molar-refractivity contribution >= 4 is 22.7 Å². The van der Waals surface area contributed by atoms with Crippen LogP contribution in [0.25, 0.3) is 11.0 Å². The number of aryl methyl sites for hydroxylation is 3. The van der Waals surface area contributed by atoms with Crippen LogP contribution in [-0.4, -0.2) is 50.6 Å². The van der Waals surface area contributed by atoms with Crippen molar-refractivity contribution in [2.75, 3.05) is 24.6 Å². The van der Waals surface area contributed by atoms with Crippen molar-refractivity contribution in [3.05, 3.63) is 29.2 Å². The Hall–Kier alpha value is -2.97. The summed E-state index contributed by atoms with van der Waals surface area (Å²) in [7, 11) is 1.86. The van der Waals surface area contributed by atoms with Gasteiger partial charge in [0.05, 0.1) is 29.3 Å². The van der Waals surface area contributed by atoms with Gasteiger partial charge < -0.3 is 14.2 Å². The Kier molecular flexibility index (Phi) is 4.74. The zero-order valence-electron chi connectivity index (χ0n) is 16.6. The topological polar surface area (TPSA) is 99.2 Å². The lowest BCUT2D eigenvalue weighted by Gasteiger charge is -2.34. The Bertz CT molecular complexity index is 1020. The van der Waals surface area contributed by atoms with Crippen LogP contribution < -0.4 is 4.90 Å². The minimum atomic E-state index is -0.370. The number of aromatic nitrogens is 5. The van der Waals surface area contributed by atoms with E-state index in [1.807, 2.05) is 20.9 Å². The number of hydrogen-bond acceptors (Lipinski definition) is 8. The quantitative estimate of drug-likeness (QED) is 0.633. The molecule has 1 atom stereocenters. The SMILES string of the molecule is CCOC(=O)c1cnc2c(c(C)nn2C)c1N1CCCC(c2nc(C)no2)C1. The molecular weight excluding hydrogens is 360 g/mol. The lowest BCUT2D eigenvalue weighted by atomic mass is 9.96. The van der Waals surface area contributed by atoms with E-state index in [4.69, 9.17) is 9.26 Å². The molecule has 0 radical (unpaired) electrons. The Morgan fingerprint density at radius 2 is 2.21 bits per heavy atom. The maximum atomic E-state index is 12.7. The predicted octanol–water partition coefficient (Wildman–Crippen LogP) is 2.53. The zero-order valence-corrected chi connectivity index (χ0v) is 16.6. The number of pyridine rings is 1. The van der Waals surface area contributed by atoms with Crippen LogP contribution in [0.1, 0.15) is 53.5 Å². The molecule has 4 rings (SSSR count). The van der Waals surface area contributed by atoms with E-state index in [-0.39, 0.29) is 11.9 Å². The van der Waals surface area contributed by atoms with Gasteiger partial charge in [0, 0.05) is 26.3 Å². The van der Waals surface area contributed by atoms with Gasteiger partial charge in [0.2, 0.25) is 5.89 Å². The smallest absolute Gasteiger partial charge is 0.341 e. The van der Waals surface area contributed by atoms with E-state index >= 15 is 0 Å².